The van der Waals surface area contributed by atoms with Crippen molar-refractivity contribution in [1.29, 1.82) is 0 Å². The topological polar surface area (TPSA) is 103 Å². The van der Waals surface area contributed by atoms with Gasteiger partial charge in [0.25, 0.3) is 5.69 Å². The van der Waals surface area contributed by atoms with Crippen LogP contribution in [0.1, 0.15) is 15.9 Å². The zero-order chi connectivity index (χ0) is 14.7. The summed E-state index contributed by atoms with van der Waals surface area (Å²) in [6.07, 6.45) is 2.57. The van der Waals surface area contributed by atoms with E-state index in [4.69, 9.17) is 9.84 Å². The van der Waals surface area contributed by atoms with Crippen molar-refractivity contribution in [3.63, 3.8) is 0 Å². The Morgan fingerprint density at radius 1 is 1.30 bits per heavy atom. The van der Waals surface area contributed by atoms with Crippen molar-refractivity contribution in [3.05, 3.63) is 57.9 Å². The quantitative estimate of drug-likeness (QED) is 0.679. The first kappa shape index (κ1) is 13.5. The lowest BCUT2D eigenvalue weighted by atomic mass is 10.2. The largest absolute Gasteiger partial charge is 0.478 e. The van der Waals surface area contributed by atoms with Crippen LogP contribution in [-0.4, -0.2) is 21.0 Å². The number of carboxylic acids is 1. The summed E-state index contributed by atoms with van der Waals surface area (Å²) < 4.78 is 5.44. The van der Waals surface area contributed by atoms with E-state index in [0.717, 1.165) is 0 Å². The lowest BCUT2D eigenvalue weighted by Gasteiger charge is -2.06. The lowest BCUT2D eigenvalue weighted by molar-refractivity contribution is -0.385. The highest BCUT2D eigenvalue weighted by Crippen LogP contribution is 2.27. The maximum atomic E-state index is 10.8. The van der Waals surface area contributed by atoms with Crippen LogP contribution in [0.3, 0.4) is 0 Å². The number of nitrogens with zero attached hydrogens (tertiary/aromatic N) is 2. The molecule has 7 heteroatoms. The van der Waals surface area contributed by atoms with Crippen molar-refractivity contribution in [1.82, 2.24) is 4.98 Å². The van der Waals surface area contributed by atoms with Gasteiger partial charge in [-0.1, -0.05) is 0 Å². The van der Waals surface area contributed by atoms with Crippen molar-refractivity contribution >= 4 is 11.7 Å². The molecule has 0 aliphatic heterocycles. The third kappa shape index (κ3) is 2.89. The smallest absolute Gasteiger partial charge is 0.337 e. The molecule has 2 aromatic rings. The summed E-state index contributed by atoms with van der Waals surface area (Å²) in [6.45, 7) is 1.59. The summed E-state index contributed by atoms with van der Waals surface area (Å²) in [5.41, 5.74) is 0.450. The second-order valence-electron chi connectivity index (χ2n) is 4.02. The Morgan fingerprint density at radius 3 is 2.65 bits per heavy atom. The SMILES string of the molecule is Cc1cc(Oc2cncc(C(=O)O)c2)ccc1[N+](=O)[O-]. The fraction of sp³-hybridized carbons (Fsp3) is 0.0769. The number of aryl methyl sites for hydroxylation is 1. The van der Waals surface area contributed by atoms with E-state index in [9.17, 15) is 14.9 Å². The van der Waals surface area contributed by atoms with Crippen LogP contribution >= 0.6 is 0 Å². The summed E-state index contributed by atoms with van der Waals surface area (Å²) in [7, 11) is 0. The molecule has 1 aromatic heterocycles. The molecule has 0 spiro atoms. The van der Waals surface area contributed by atoms with Gasteiger partial charge in [0.15, 0.2) is 0 Å². The predicted octanol–water partition coefficient (Wildman–Crippen LogP) is 2.79. The second-order valence-corrected chi connectivity index (χ2v) is 4.02. The first-order chi connectivity index (χ1) is 9.47. The van der Waals surface area contributed by atoms with E-state index in [0.29, 0.717) is 11.3 Å². The molecule has 0 saturated heterocycles. The van der Waals surface area contributed by atoms with E-state index in [1.54, 1.807) is 6.92 Å². The van der Waals surface area contributed by atoms with Crippen molar-refractivity contribution in [2.75, 3.05) is 0 Å². The van der Waals surface area contributed by atoms with Gasteiger partial charge in [-0.25, -0.2) is 4.79 Å². The molecule has 7 nitrogen and oxygen atoms in total. The average molecular weight is 274 g/mol. The highest BCUT2D eigenvalue weighted by molar-refractivity contribution is 5.87. The molecule has 0 amide bonds. The molecule has 0 unspecified atom stereocenters. The number of aromatic nitrogens is 1. The van der Waals surface area contributed by atoms with Crippen LogP contribution in [0, 0.1) is 17.0 Å². The van der Waals surface area contributed by atoms with Gasteiger partial charge in [-0.05, 0) is 25.1 Å². The predicted molar refractivity (Wildman–Crippen MR) is 69.1 cm³/mol. The van der Waals surface area contributed by atoms with E-state index in [-0.39, 0.29) is 17.0 Å². The van der Waals surface area contributed by atoms with Crippen LogP contribution in [0.5, 0.6) is 11.5 Å². The molecule has 1 heterocycles. The van der Waals surface area contributed by atoms with Crippen LogP contribution in [0.15, 0.2) is 36.7 Å². The Balaban J connectivity index is 2.26. The fourth-order valence-electron chi connectivity index (χ4n) is 1.62. The summed E-state index contributed by atoms with van der Waals surface area (Å²) in [5.74, 6) is -0.488. The van der Waals surface area contributed by atoms with Gasteiger partial charge in [0.1, 0.15) is 11.5 Å². The Morgan fingerprint density at radius 2 is 2.05 bits per heavy atom. The van der Waals surface area contributed by atoms with Crippen molar-refractivity contribution in [2.45, 2.75) is 6.92 Å². The number of hydrogen-bond donors (Lipinski definition) is 1. The van der Waals surface area contributed by atoms with Crippen LogP contribution in [0.4, 0.5) is 5.69 Å². The van der Waals surface area contributed by atoms with Gasteiger partial charge in [0, 0.05) is 17.8 Å². The Hall–Kier alpha value is -2.96. The van der Waals surface area contributed by atoms with Gasteiger partial charge in [0.05, 0.1) is 16.7 Å². The lowest BCUT2D eigenvalue weighted by Crippen LogP contribution is -1.98. The maximum absolute atomic E-state index is 10.8. The summed E-state index contributed by atoms with van der Waals surface area (Å²) in [6, 6.07) is 5.61. The van der Waals surface area contributed by atoms with E-state index < -0.39 is 10.9 Å². The Labute approximate surface area is 113 Å². The van der Waals surface area contributed by atoms with Gasteiger partial charge in [-0.15, -0.1) is 0 Å². The second kappa shape index (κ2) is 5.35. The van der Waals surface area contributed by atoms with Crippen LogP contribution in [0.25, 0.3) is 0 Å². The minimum atomic E-state index is -1.11. The molecule has 0 fully saturated rings. The third-order valence-corrected chi connectivity index (χ3v) is 2.56. The van der Waals surface area contributed by atoms with Gasteiger partial charge < -0.3 is 9.84 Å². The van der Waals surface area contributed by atoms with Crippen LogP contribution in [0.2, 0.25) is 0 Å². The number of nitro benzene ring substituents is 1. The summed E-state index contributed by atoms with van der Waals surface area (Å²) in [5, 5.41) is 19.5. The Kier molecular flexibility index (Phi) is 3.60. The molecule has 0 atom stereocenters. The molecule has 1 aromatic carbocycles. The molecule has 2 rings (SSSR count). The van der Waals surface area contributed by atoms with E-state index in [1.165, 1.54) is 36.7 Å². The molecule has 102 valence electrons. The van der Waals surface area contributed by atoms with Crippen molar-refractivity contribution < 1.29 is 19.6 Å². The molecule has 0 aliphatic carbocycles. The normalized spacial score (nSPS) is 10.1. The van der Waals surface area contributed by atoms with Crippen LogP contribution in [-0.2, 0) is 0 Å². The third-order valence-electron chi connectivity index (χ3n) is 2.56. The van der Waals surface area contributed by atoms with Crippen molar-refractivity contribution in [3.8, 4) is 11.5 Å². The zero-order valence-corrected chi connectivity index (χ0v) is 10.4. The van der Waals surface area contributed by atoms with Gasteiger partial charge in [0.2, 0.25) is 0 Å². The zero-order valence-electron chi connectivity index (χ0n) is 10.4. The monoisotopic (exact) mass is 274 g/mol. The summed E-state index contributed by atoms with van der Waals surface area (Å²) in [4.78, 5) is 24.8. The van der Waals surface area contributed by atoms with Gasteiger partial charge in [-0.3, -0.25) is 15.1 Å². The van der Waals surface area contributed by atoms with Crippen molar-refractivity contribution in [2.24, 2.45) is 0 Å². The number of benzene rings is 1. The molecule has 1 N–H and O–H groups in total. The highest BCUT2D eigenvalue weighted by Gasteiger charge is 2.11. The molecule has 0 radical (unpaired) electrons. The molecule has 0 saturated carbocycles. The molecular formula is C13H10N2O5. The minimum Gasteiger partial charge on any atom is -0.478 e. The number of nitro groups is 1. The standard InChI is InChI=1S/C13H10N2O5/c1-8-4-10(2-3-12(8)15(18)19)20-11-5-9(13(16)17)6-14-7-11/h2-7H,1H3,(H,16,17). The Bertz CT molecular complexity index is 684. The van der Waals surface area contributed by atoms with Gasteiger partial charge in [-0.2, -0.15) is 0 Å². The first-order valence-electron chi connectivity index (χ1n) is 5.58. The van der Waals surface area contributed by atoms with E-state index in [2.05, 4.69) is 4.98 Å². The minimum absolute atomic E-state index is 0.00105. The molecule has 20 heavy (non-hydrogen) atoms. The molecular weight excluding hydrogens is 264 g/mol. The number of carboxylic acid groups (broad SMARTS) is 1. The summed E-state index contributed by atoms with van der Waals surface area (Å²) >= 11 is 0. The maximum Gasteiger partial charge on any atom is 0.337 e. The number of rotatable bonds is 4. The number of hydrogen-bond acceptors (Lipinski definition) is 5. The number of ether oxygens (including phenoxy) is 1. The number of aromatic carboxylic acids is 1. The van der Waals surface area contributed by atoms with Gasteiger partial charge >= 0.3 is 5.97 Å². The van der Waals surface area contributed by atoms with Crippen LogP contribution < -0.4 is 4.74 Å². The number of pyridine rings is 1. The molecule has 0 bridgehead atoms. The molecule has 0 aliphatic rings. The number of carbonyl (C=O) groups is 1. The highest BCUT2D eigenvalue weighted by atomic mass is 16.6. The first-order valence-corrected chi connectivity index (χ1v) is 5.58. The van der Waals surface area contributed by atoms with E-state index >= 15 is 0 Å². The van der Waals surface area contributed by atoms with E-state index in [1.807, 2.05) is 0 Å². The average Bonchev–Trinajstić information content (AvgIpc) is 2.38. The fourth-order valence-corrected chi connectivity index (χ4v) is 1.62.